The number of hydrogen-bond donors (Lipinski definition) is 2. The van der Waals surface area contributed by atoms with Crippen molar-refractivity contribution in [2.24, 2.45) is 5.92 Å². The number of likely N-dealkylation sites (tertiary alicyclic amines) is 1. The lowest BCUT2D eigenvalue weighted by Crippen LogP contribution is -2.40. The Kier molecular flexibility index (Phi) is 4.32. The molecule has 1 aliphatic rings. The Morgan fingerprint density at radius 1 is 1.53 bits per heavy atom. The molecule has 2 rings (SSSR count). The molecule has 0 bridgehead atoms. The Morgan fingerprint density at radius 3 is 2.95 bits per heavy atom. The molecular weight excluding hydrogens is 266 g/mol. The van der Waals surface area contributed by atoms with E-state index >= 15 is 0 Å². The normalized spacial score (nSPS) is 22.1. The maximum atomic E-state index is 11.1. The van der Waals surface area contributed by atoms with Crippen LogP contribution in [0, 0.1) is 5.92 Å². The van der Waals surface area contributed by atoms with Gasteiger partial charge in [-0.05, 0) is 44.5 Å². The average molecular weight is 284 g/mol. The minimum absolute atomic E-state index is 0.0409. The summed E-state index contributed by atoms with van der Waals surface area (Å²) in [4.78, 5) is 13.2. The number of carbonyl (C=O) groups is 1. The third-order valence-corrected chi connectivity index (χ3v) is 4.02. The van der Waals surface area contributed by atoms with E-state index in [1.165, 1.54) is 0 Å². The molecule has 0 aliphatic carbocycles. The first-order valence-corrected chi connectivity index (χ1v) is 6.82. The van der Waals surface area contributed by atoms with Crippen molar-refractivity contribution in [2.75, 3.05) is 13.1 Å². The van der Waals surface area contributed by atoms with E-state index in [4.69, 9.17) is 16.7 Å². The van der Waals surface area contributed by atoms with Crippen LogP contribution < -0.4 is 0 Å². The highest BCUT2D eigenvalue weighted by molar-refractivity contribution is 6.30. The molecule has 0 aromatic heterocycles. The van der Waals surface area contributed by atoms with Gasteiger partial charge in [-0.1, -0.05) is 11.6 Å². The monoisotopic (exact) mass is 283 g/mol. The van der Waals surface area contributed by atoms with Crippen molar-refractivity contribution < 1.29 is 15.0 Å². The second-order valence-corrected chi connectivity index (χ2v) is 5.49. The summed E-state index contributed by atoms with van der Waals surface area (Å²) in [5.74, 6) is -0.862. The Balaban J connectivity index is 2.16. The molecule has 0 saturated carbocycles. The quantitative estimate of drug-likeness (QED) is 0.895. The fraction of sp³-hybridized carbons (Fsp3) is 0.500. The maximum absolute atomic E-state index is 11.1. The second kappa shape index (κ2) is 5.80. The van der Waals surface area contributed by atoms with Crippen molar-refractivity contribution in [3.63, 3.8) is 0 Å². The summed E-state index contributed by atoms with van der Waals surface area (Å²) in [5, 5.41) is 19.6. The first-order chi connectivity index (χ1) is 8.99. The number of carboxylic acid groups (broad SMARTS) is 1. The first-order valence-electron chi connectivity index (χ1n) is 6.44. The summed E-state index contributed by atoms with van der Waals surface area (Å²) in [5.41, 5.74) is 0.749. The minimum Gasteiger partial charge on any atom is -0.508 e. The van der Waals surface area contributed by atoms with Crippen LogP contribution in [0.5, 0.6) is 5.75 Å². The van der Waals surface area contributed by atoms with Gasteiger partial charge in [0.25, 0.3) is 0 Å². The average Bonchev–Trinajstić information content (AvgIpc) is 2.41. The molecule has 2 atom stereocenters. The number of halogens is 1. The molecule has 4 nitrogen and oxygen atoms in total. The van der Waals surface area contributed by atoms with Crippen LogP contribution in [0.3, 0.4) is 0 Å². The highest BCUT2D eigenvalue weighted by Gasteiger charge is 2.29. The van der Waals surface area contributed by atoms with Gasteiger partial charge in [0.2, 0.25) is 0 Å². The molecule has 0 spiro atoms. The molecular formula is C14H18ClNO3. The molecule has 19 heavy (non-hydrogen) atoms. The standard InChI is InChI=1S/C14H18ClNO3/c1-9(12-7-11(15)4-5-13(12)17)16-6-2-3-10(8-16)14(18)19/h4-5,7,9-10,17H,2-3,6,8H2,1H3,(H,18,19). The van der Waals surface area contributed by atoms with E-state index in [0.29, 0.717) is 11.6 Å². The fourth-order valence-electron chi connectivity index (χ4n) is 2.62. The molecule has 1 heterocycles. The van der Waals surface area contributed by atoms with Crippen molar-refractivity contribution in [3.05, 3.63) is 28.8 Å². The highest BCUT2D eigenvalue weighted by atomic mass is 35.5. The van der Waals surface area contributed by atoms with Crippen LogP contribution in [0.2, 0.25) is 5.02 Å². The molecule has 1 aromatic carbocycles. The predicted octanol–water partition coefficient (Wildman–Crippen LogP) is 2.90. The van der Waals surface area contributed by atoms with Gasteiger partial charge < -0.3 is 10.2 Å². The van der Waals surface area contributed by atoms with Crippen molar-refractivity contribution in [3.8, 4) is 5.75 Å². The van der Waals surface area contributed by atoms with Crippen LogP contribution in [0.4, 0.5) is 0 Å². The summed E-state index contributed by atoms with van der Waals surface area (Å²) in [7, 11) is 0. The van der Waals surface area contributed by atoms with Crippen LogP contribution in [-0.4, -0.2) is 34.2 Å². The van der Waals surface area contributed by atoms with E-state index in [9.17, 15) is 9.90 Å². The van der Waals surface area contributed by atoms with Crippen molar-refractivity contribution in [2.45, 2.75) is 25.8 Å². The summed E-state index contributed by atoms with van der Waals surface area (Å²) in [6, 6.07) is 4.92. The van der Waals surface area contributed by atoms with Gasteiger partial charge in [0.1, 0.15) is 5.75 Å². The Hall–Kier alpha value is -1.26. The van der Waals surface area contributed by atoms with Crippen molar-refractivity contribution in [1.82, 2.24) is 4.90 Å². The van der Waals surface area contributed by atoms with Gasteiger partial charge in [-0.2, -0.15) is 0 Å². The van der Waals surface area contributed by atoms with Crippen LogP contribution in [-0.2, 0) is 4.79 Å². The van der Waals surface area contributed by atoms with Gasteiger partial charge in [-0.25, -0.2) is 0 Å². The van der Waals surface area contributed by atoms with E-state index in [2.05, 4.69) is 4.90 Å². The molecule has 0 radical (unpaired) electrons. The van der Waals surface area contributed by atoms with Gasteiger partial charge in [-0.3, -0.25) is 9.69 Å². The smallest absolute Gasteiger partial charge is 0.307 e. The van der Waals surface area contributed by atoms with Crippen molar-refractivity contribution >= 4 is 17.6 Å². The van der Waals surface area contributed by atoms with Gasteiger partial charge >= 0.3 is 5.97 Å². The predicted molar refractivity (Wildman–Crippen MR) is 73.5 cm³/mol. The highest BCUT2D eigenvalue weighted by Crippen LogP contribution is 2.33. The van der Waals surface area contributed by atoms with E-state index in [1.807, 2.05) is 6.92 Å². The van der Waals surface area contributed by atoms with Crippen LogP contribution in [0.1, 0.15) is 31.4 Å². The molecule has 104 valence electrons. The number of hydrogen-bond acceptors (Lipinski definition) is 3. The lowest BCUT2D eigenvalue weighted by atomic mass is 9.95. The molecule has 1 aromatic rings. The van der Waals surface area contributed by atoms with Crippen LogP contribution >= 0.6 is 11.6 Å². The van der Waals surface area contributed by atoms with Gasteiger partial charge in [0.05, 0.1) is 5.92 Å². The lowest BCUT2D eigenvalue weighted by molar-refractivity contribution is -0.143. The Bertz CT molecular complexity index is 478. The summed E-state index contributed by atoms with van der Waals surface area (Å²) in [6.45, 7) is 3.33. The summed E-state index contributed by atoms with van der Waals surface area (Å²) >= 11 is 5.96. The molecule has 0 amide bonds. The van der Waals surface area contributed by atoms with E-state index in [-0.39, 0.29) is 17.7 Å². The van der Waals surface area contributed by atoms with Crippen LogP contribution in [0.25, 0.3) is 0 Å². The number of piperidine rings is 1. The number of aromatic hydroxyl groups is 1. The number of carboxylic acids is 1. The summed E-state index contributed by atoms with van der Waals surface area (Å²) < 4.78 is 0. The molecule has 5 heteroatoms. The maximum Gasteiger partial charge on any atom is 0.307 e. The van der Waals surface area contributed by atoms with Gasteiger partial charge in [-0.15, -0.1) is 0 Å². The third kappa shape index (κ3) is 3.19. The SMILES string of the molecule is CC(c1cc(Cl)ccc1O)N1CCCC(C(=O)O)C1. The Morgan fingerprint density at radius 2 is 2.26 bits per heavy atom. The zero-order valence-electron chi connectivity index (χ0n) is 10.8. The molecule has 2 unspecified atom stereocenters. The number of nitrogens with zero attached hydrogens (tertiary/aromatic N) is 1. The third-order valence-electron chi connectivity index (χ3n) is 3.79. The van der Waals surface area contributed by atoms with Crippen LogP contribution in [0.15, 0.2) is 18.2 Å². The largest absolute Gasteiger partial charge is 0.508 e. The molecule has 1 aliphatic heterocycles. The topological polar surface area (TPSA) is 60.8 Å². The summed E-state index contributed by atoms with van der Waals surface area (Å²) in [6.07, 6.45) is 1.59. The van der Waals surface area contributed by atoms with E-state index in [1.54, 1.807) is 18.2 Å². The lowest BCUT2D eigenvalue weighted by Gasteiger charge is -2.35. The number of aliphatic carboxylic acids is 1. The Labute approximate surface area is 117 Å². The van der Waals surface area contributed by atoms with Crippen molar-refractivity contribution in [1.29, 1.82) is 0 Å². The van der Waals surface area contributed by atoms with E-state index < -0.39 is 5.97 Å². The number of phenols is 1. The minimum atomic E-state index is -0.743. The molecule has 1 fully saturated rings. The number of rotatable bonds is 3. The number of benzene rings is 1. The first kappa shape index (κ1) is 14.2. The fourth-order valence-corrected chi connectivity index (χ4v) is 2.80. The zero-order valence-corrected chi connectivity index (χ0v) is 11.6. The molecule has 2 N–H and O–H groups in total. The van der Waals surface area contributed by atoms with Gasteiger partial charge in [0.15, 0.2) is 0 Å². The van der Waals surface area contributed by atoms with Gasteiger partial charge in [0, 0.05) is 23.2 Å². The zero-order chi connectivity index (χ0) is 14.0. The second-order valence-electron chi connectivity index (χ2n) is 5.05. The molecule has 1 saturated heterocycles. The van der Waals surface area contributed by atoms with E-state index in [0.717, 1.165) is 24.9 Å². The number of phenolic OH excluding ortho intramolecular Hbond substituents is 1.